The first kappa shape index (κ1) is 15.3. The van der Waals surface area contributed by atoms with Crippen LogP contribution >= 0.6 is 15.9 Å². The van der Waals surface area contributed by atoms with Gasteiger partial charge in [0.25, 0.3) is 0 Å². The molecule has 0 aliphatic heterocycles. The molecule has 0 radical (unpaired) electrons. The molecule has 0 fully saturated rings. The fourth-order valence-electron chi connectivity index (χ4n) is 2.47. The van der Waals surface area contributed by atoms with Crippen LogP contribution in [0, 0.1) is 6.92 Å². The largest absolute Gasteiger partial charge is 0.389 e. The van der Waals surface area contributed by atoms with Gasteiger partial charge in [0.1, 0.15) is 0 Å². The van der Waals surface area contributed by atoms with Crippen molar-refractivity contribution in [2.24, 2.45) is 7.05 Å². The van der Waals surface area contributed by atoms with Crippen LogP contribution in [0.5, 0.6) is 0 Å². The minimum absolute atomic E-state index is 0.594. The number of hydrogen-bond donors (Lipinski definition) is 1. The lowest BCUT2D eigenvalue weighted by Crippen LogP contribution is -2.34. The highest BCUT2D eigenvalue weighted by Crippen LogP contribution is 2.28. The van der Waals surface area contributed by atoms with Gasteiger partial charge in [-0.15, -0.1) is 0 Å². The van der Waals surface area contributed by atoms with Gasteiger partial charge in [0, 0.05) is 19.9 Å². The molecule has 0 aliphatic rings. The van der Waals surface area contributed by atoms with Gasteiger partial charge < -0.3 is 5.11 Å². The molecule has 1 heterocycles. The first-order valence-corrected chi connectivity index (χ1v) is 7.69. The third-order valence-electron chi connectivity index (χ3n) is 3.79. The van der Waals surface area contributed by atoms with Gasteiger partial charge in [-0.05, 0) is 34.8 Å². The predicted molar refractivity (Wildman–Crippen MR) is 84.7 cm³/mol. The van der Waals surface area contributed by atoms with E-state index in [2.05, 4.69) is 33.2 Å². The number of halogens is 1. The zero-order chi connectivity index (χ0) is 14.8. The maximum Gasteiger partial charge on any atom is 0.0740 e. The van der Waals surface area contributed by atoms with E-state index in [1.165, 1.54) is 0 Å². The first-order valence-electron chi connectivity index (χ1n) is 6.89. The van der Waals surface area contributed by atoms with Crippen LogP contribution in [0.15, 0.2) is 34.8 Å². The monoisotopic (exact) mass is 336 g/mol. The molecule has 1 atom stereocenters. The molecule has 20 heavy (non-hydrogen) atoms. The molecule has 0 saturated heterocycles. The van der Waals surface area contributed by atoms with Gasteiger partial charge in [0.05, 0.1) is 21.5 Å². The summed E-state index contributed by atoms with van der Waals surface area (Å²) in [6.07, 6.45) is 1.95. The van der Waals surface area contributed by atoms with Crippen LogP contribution in [-0.2, 0) is 19.9 Å². The Bertz CT molecular complexity index is 580. The van der Waals surface area contributed by atoms with Crippen LogP contribution in [0.25, 0.3) is 0 Å². The molecule has 4 heteroatoms. The zero-order valence-electron chi connectivity index (χ0n) is 12.2. The van der Waals surface area contributed by atoms with Gasteiger partial charge in [0.15, 0.2) is 0 Å². The highest BCUT2D eigenvalue weighted by atomic mass is 79.9. The highest BCUT2D eigenvalue weighted by molar-refractivity contribution is 9.10. The molecule has 0 bridgehead atoms. The molecule has 108 valence electrons. The van der Waals surface area contributed by atoms with Gasteiger partial charge in [-0.2, -0.15) is 5.10 Å². The predicted octanol–water partition coefficient (Wildman–Crippen LogP) is 3.42. The van der Waals surface area contributed by atoms with Crippen molar-refractivity contribution in [2.45, 2.75) is 38.7 Å². The van der Waals surface area contributed by atoms with Crippen molar-refractivity contribution in [2.75, 3.05) is 0 Å². The van der Waals surface area contributed by atoms with E-state index in [1.807, 2.05) is 43.8 Å². The van der Waals surface area contributed by atoms with Crippen molar-refractivity contribution in [3.8, 4) is 0 Å². The Labute approximate surface area is 128 Å². The molecule has 1 aromatic heterocycles. The minimum atomic E-state index is -0.746. The molecule has 0 amide bonds. The molecule has 2 aromatic rings. The van der Waals surface area contributed by atoms with Crippen LogP contribution < -0.4 is 0 Å². The van der Waals surface area contributed by atoms with Gasteiger partial charge in [0.2, 0.25) is 0 Å². The van der Waals surface area contributed by atoms with Crippen molar-refractivity contribution >= 4 is 15.9 Å². The average molecular weight is 337 g/mol. The van der Waals surface area contributed by atoms with Crippen molar-refractivity contribution in [1.29, 1.82) is 0 Å². The summed E-state index contributed by atoms with van der Waals surface area (Å²) < 4.78 is 2.85. The van der Waals surface area contributed by atoms with E-state index >= 15 is 0 Å². The van der Waals surface area contributed by atoms with Crippen LogP contribution in [0.2, 0.25) is 0 Å². The molecule has 0 spiro atoms. The Balaban J connectivity index is 2.23. The fourth-order valence-corrected chi connectivity index (χ4v) is 2.95. The van der Waals surface area contributed by atoms with Crippen LogP contribution in [0.4, 0.5) is 0 Å². The number of aryl methyl sites for hydroxylation is 2. The van der Waals surface area contributed by atoms with Crippen LogP contribution in [0.1, 0.15) is 30.3 Å². The topological polar surface area (TPSA) is 38.1 Å². The summed E-state index contributed by atoms with van der Waals surface area (Å²) in [6, 6.07) is 10.1. The SMILES string of the molecule is CCC(O)(Cc1ccccc1)Cc1c(Br)c(C)nn1C. The summed E-state index contributed by atoms with van der Waals surface area (Å²) in [5.41, 5.74) is 2.42. The minimum Gasteiger partial charge on any atom is -0.389 e. The number of benzene rings is 1. The van der Waals surface area contributed by atoms with Crippen LogP contribution in [0.3, 0.4) is 0 Å². The second kappa shape index (κ2) is 6.10. The lowest BCUT2D eigenvalue weighted by Gasteiger charge is -2.27. The van der Waals surface area contributed by atoms with E-state index in [0.717, 1.165) is 21.4 Å². The molecule has 1 aromatic carbocycles. The molecular weight excluding hydrogens is 316 g/mol. The summed E-state index contributed by atoms with van der Waals surface area (Å²) in [5, 5.41) is 15.3. The molecule has 0 saturated carbocycles. The number of rotatable bonds is 5. The second-order valence-electron chi connectivity index (χ2n) is 5.39. The number of aromatic nitrogens is 2. The van der Waals surface area contributed by atoms with Crippen molar-refractivity contribution in [3.63, 3.8) is 0 Å². The van der Waals surface area contributed by atoms with Crippen molar-refractivity contribution in [3.05, 3.63) is 51.8 Å². The molecule has 1 unspecified atom stereocenters. The van der Waals surface area contributed by atoms with E-state index in [4.69, 9.17) is 0 Å². The lowest BCUT2D eigenvalue weighted by molar-refractivity contribution is 0.0349. The van der Waals surface area contributed by atoms with Crippen molar-refractivity contribution in [1.82, 2.24) is 9.78 Å². The molecule has 3 nitrogen and oxygen atoms in total. The average Bonchev–Trinajstić information content (AvgIpc) is 2.66. The summed E-state index contributed by atoms with van der Waals surface area (Å²) in [7, 11) is 1.92. The molecule has 1 N–H and O–H groups in total. The Morgan fingerprint density at radius 1 is 1.25 bits per heavy atom. The quantitative estimate of drug-likeness (QED) is 0.908. The number of hydrogen-bond acceptors (Lipinski definition) is 2. The van der Waals surface area contributed by atoms with Gasteiger partial charge in [-0.3, -0.25) is 4.68 Å². The van der Waals surface area contributed by atoms with E-state index < -0.39 is 5.60 Å². The van der Waals surface area contributed by atoms with Crippen LogP contribution in [-0.4, -0.2) is 20.5 Å². The summed E-state index contributed by atoms with van der Waals surface area (Å²) in [4.78, 5) is 0. The van der Waals surface area contributed by atoms with E-state index in [9.17, 15) is 5.11 Å². The Hall–Kier alpha value is -1.13. The second-order valence-corrected chi connectivity index (χ2v) is 6.18. The number of nitrogens with zero attached hydrogens (tertiary/aromatic N) is 2. The summed E-state index contributed by atoms with van der Waals surface area (Å²) in [5.74, 6) is 0. The van der Waals surface area contributed by atoms with Gasteiger partial charge in [-0.25, -0.2) is 0 Å². The van der Waals surface area contributed by atoms with E-state index in [1.54, 1.807) is 0 Å². The lowest BCUT2D eigenvalue weighted by atomic mass is 9.87. The van der Waals surface area contributed by atoms with Gasteiger partial charge in [-0.1, -0.05) is 37.3 Å². The Morgan fingerprint density at radius 2 is 1.90 bits per heavy atom. The smallest absolute Gasteiger partial charge is 0.0740 e. The zero-order valence-corrected chi connectivity index (χ0v) is 13.8. The molecule has 0 aliphatic carbocycles. The van der Waals surface area contributed by atoms with E-state index in [-0.39, 0.29) is 0 Å². The van der Waals surface area contributed by atoms with Crippen molar-refractivity contribution < 1.29 is 5.11 Å². The highest BCUT2D eigenvalue weighted by Gasteiger charge is 2.28. The Morgan fingerprint density at radius 3 is 2.40 bits per heavy atom. The maximum atomic E-state index is 10.9. The third-order valence-corrected chi connectivity index (χ3v) is 4.82. The standard InChI is InChI=1S/C16H21BrN2O/c1-4-16(20,10-13-8-6-5-7-9-13)11-14-15(17)12(2)18-19(14)3/h5-9,20H,4,10-11H2,1-3H3. The van der Waals surface area contributed by atoms with E-state index in [0.29, 0.717) is 19.3 Å². The molecule has 2 rings (SSSR count). The number of aliphatic hydroxyl groups is 1. The first-order chi connectivity index (χ1) is 9.45. The normalized spacial score (nSPS) is 14.2. The third kappa shape index (κ3) is 3.30. The Kier molecular flexibility index (Phi) is 4.66. The van der Waals surface area contributed by atoms with Gasteiger partial charge >= 0.3 is 0 Å². The maximum absolute atomic E-state index is 10.9. The summed E-state index contributed by atoms with van der Waals surface area (Å²) >= 11 is 3.57. The summed E-state index contributed by atoms with van der Waals surface area (Å²) in [6.45, 7) is 4.00. The molecular formula is C16H21BrN2O. The fraction of sp³-hybridized carbons (Fsp3) is 0.438.